The second-order valence-corrected chi connectivity index (χ2v) is 4.65. The number of imidazole rings is 1. The van der Waals surface area contributed by atoms with E-state index in [1.807, 2.05) is 0 Å². The van der Waals surface area contributed by atoms with Gasteiger partial charge in [-0.05, 0) is 5.92 Å². The SMILES string of the molecule is c1ncc2[nH]c(CC3CCCCC3)nc2n1. The topological polar surface area (TPSA) is 54.5 Å². The summed E-state index contributed by atoms with van der Waals surface area (Å²) in [7, 11) is 0. The molecule has 0 bridgehead atoms. The lowest BCUT2D eigenvalue weighted by molar-refractivity contribution is 0.352. The molecule has 84 valence electrons. The number of hydrogen-bond donors (Lipinski definition) is 1. The minimum atomic E-state index is 0.792. The zero-order valence-electron chi connectivity index (χ0n) is 9.32. The third kappa shape index (κ3) is 1.92. The van der Waals surface area contributed by atoms with Gasteiger partial charge in [0.2, 0.25) is 0 Å². The van der Waals surface area contributed by atoms with Crippen LogP contribution in [0.1, 0.15) is 37.9 Å². The summed E-state index contributed by atoms with van der Waals surface area (Å²) in [5.41, 5.74) is 1.74. The fraction of sp³-hybridized carbons (Fsp3) is 0.583. The number of hydrogen-bond acceptors (Lipinski definition) is 3. The van der Waals surface area contributed by atoms with Gasteiger partial charge in [-0.3, -0.25) is 0 Å². The van der Waals surface area contributed by atoms with Gasteiger partial charge in [-0.15, -0.1) is 0 Å². The van der Waals surface area contributed by atoms with Crippen molar-refractivity contribution in [2.45, 2.75) is 38.5 Å². The van der Waals surface area contributed by atoms with Gasteiger partial charge in [0.05, 0.1) is 6.20 Å². The van der Waals surface area contributed by atoms with E-state index < -0.39 is 0 Å². The van der Waals surface area contributed by atoms with E-state index in [0.29, 0.717) is 0 Å². The van der Waals surface area contributed by atoms with E-state index in [1.165, 1.54) is 32.1 Å². The Balaban J connectivity index is 1.78. The molecule has 0 aliphatic heterocycles. The van der Waals surface area contributed by atoms with Crippen LogP contribution in [0.5, 0.6) is 0 Å². The highest BCUT2D eigenvalue weighted by Crippen LogP contribution is 2.26. The molecule has 0 amide bonds. The molecule has 1 aliphatic rings. The molecular formula is C12H16N4. The van der Waals surface area contributed by atoms with E-state index in [9.17, 15) is 0 Å². The molecule has 2 aromatic heterocycles. The molecule has 0 unspecified atom stereocenters. The zero-order valence-corrected chi connectivity index (χ0v) is 9.32. The Hall–Kier alpha value is -1.45. The zero-order chi connectivity index (χ0) is 10.8. The highest BCUT2D eigenvalue weighted by molar-refractivity contribution is 5.68. The maximum absolute atomic E-state index is 4.50. The summed E-state index contributed by atoms with van der Waals surface area (Å²) < 4.78 is 0. The Labute approximate surface area is 94.5 Å². The molecule has 1 aliphatic carbocycles. The molecule has 2 heterocycles. The Morgan fingerprint density at radius 3 is 2.94 bits per heavy atom. The van der Waals surface area contributed by atoms with Gasteiger partial charge in [0.25, 0.3) is 0 Å². The molecule has 0 spiro atoms. The summed E-state index contributed by atoms with van der Waals surface area (Å²) in [6.45, 7) is 0. The van der Waals surface area contributed by atoms with Crippen LogP contribution in [-0.4, -0.2) is 19.9 Å². The lowest BCUT2D eigenvalue weighted by atomic mass is 9.87. The van der Waals surface area contributed by atoms with Gasteiger partial charge < -0.3 is 4.98 Å². The minimum Gasteiger partial charge on any atom is -0.339 e. The number of fused-ring (bicyclic) bond motifs is 1. The lowest BCUT2D eigenvalue weighted by Gasteiger charge is -2.20. The molecule has 4 heteroatoms. The third-order valence-electron chi connectivity index (χ3n) is 3.42. The van der Waals surface area contributed by atoms with E-state index in [-0.39, 0.29) is 0 Å². The van der Waals surface area contributed by atoms with Crippen LogP contribution in [0.3, 0.4) is 0 Å². The quantitative estimate of drug-likeness (QED) is 0.839. The van der Waals surface area contributed by atoms with Gasteiger partial charge in [0.1, 0.15) is 17.7 Å². The number of aromatic nitrogens is 4. The largest absolute Gasteiger partial charge is 0.339 e. The van der Waals surface area contributed by atoms with Crippen LogP contribution >= 0.6 is 0 Å². The average molecular weight is 216 g/mol. The van der Waals surface area contributed by atoms with Crippen LogP contribution in [0.15, 0.2) is 12.5 Å². The molecule has 4 nitrogen and oxygen atoms in total. The third-order valence-corrected chi connectivity index (χ3v) is 3.42. The van der Waals surface area contributed by atoms with E-state index in [4.69, 9.17) is 0 Å². The number of H-pyrrole nitrogens is 1. The Bertz CT molecular complexity index is 438. The maximum Gasteiger partial charge on any atom is 0.180 e. The molecule has 0 saturated heterocycles. The molecule has 1 fully saturated rings. The number of rotatable bonds is 2. The van der Waals surface area contributed by atoms with Crippen molar-refractivity contribution in [3.05, 3.63) is 18.3 Å². The first kappa shape index (κ1) is 9.75. The Kier molecular flexibility index (Phi) is 2.56. The molecule has 0 atom stereocenters. The van der Waals surface area contributed by atoms with Crippen molar-refractivity contribution in [2.75, 3.05) is 0 Å². The first-order valence-corrected chi connectivity index (χ1v) is 6.06. The van der Waals surface area contributed by atoms with Gasteiger partial charge in [-0.25, -0.2) is 15.0 Å². The van der Waals surface area contributed by atoms with Crippen LogP contribution in [-0.2, 0) is 6.42 Å². The molecule has 2 aromatic rings. The molecule has 3 rings (SSSR count). The number of nitrogens with one attached hydrogen (secondary N) is 1. The summed E-state index contributed by atoms with van der Waals surface area (Å²) in [5.74, 6) is 1.88. The predicted molar refractivity (Wildman–Crippen MR) is 62.0 cm³/mol. The van der Waals surface area contributed by atoms with Crippen molar-refractivity contribution >= 4 is 11.2 Å². The van der Waals surface area contributed by atoms with E-state index in [1.54, 1.807) is 12.5 Å². The van der Waals surface area contributed by atoms with Crippen molar-refractivity contribution in [3.8, 4) is 0 Å². The van der Waals surface area contributed by atoms with Gasteiger partial charge in [-0.1, -0.05) is 32.1 Å². The van der Waals surface area contributed by atoms with Crippen LogP contribution < -0.4 is 0 Å². The summed E-state index contributed by atoms with van der Waals surface area (Å²) >= 11 is 0. The summed E-state index contributed by atoms with van der Waals surface area (Å²) in [6, 6.07) is 0. The molecule has 0 radical (unpaired) electrons. The summed E-state index contributed by atoms with van der Waals surface area (Å²) in [4.78, 5) is 15.9. The van der Waals surface area contributed by atoms with Crippen molar-refractivity contribution < 1.29 is 0 Å². The molecule has 0 aromatic carbocycles. The highest BCUT2D eigenvalue weighted by Gasteiger charge is 2.15. The first-order chi connectivity index (χ1) is 7.92. The first-order valence-electron chi connectivity index (χ1n) is 6.06. The number of nitrogens with zero attached hydrogens (tertiary/aromatic N) is 3. The average Bonchev–Trinajstić information content (AvgIpc) is 2.72. The standard InChI is InChI=1S/C12H16N4/c1-2-4-9(5-3-1)6-11-15-10-7-13-8-14-12(10)16-11/h7-9H,1-6H2,(H,13,14,15,16). The van der Waals surface area contributed by atoms with Gasteiger partial charge in [-0.2, -0.15) is 0 Å². The van der Waals surface area contributed by atoms with Crippen LogP contribution in [0.25, 0.3) is 11.2 Å². The fourth-order valence-electron chi connectivity index (χ4n) is 2.57. The Morgan fingerprint density at radius 1 is 1.25 bits per heavy atom. The summed E-state index contributed by atoms with van der Waals surface area (Å²) in [6.07, 6.45) is 11.3. The fourth-order valence-corrected chi connectivity index (χ4v) is 2.57. The molecule has 1 saturated carbocycles. The summed E-state index contributed by atoms with van der Waals surface area (Å²) in [5, 5.41) is 0. The molecule has 16 heavy (non-hydrogen) atoms. The van der Waals surface area contributed by atoms with Gasteiger partial charge in [0.15, 0.2) is 5.65 Å². The highest BCUT2D eigenvalue weighted by atomic mass is 15.0. The Morgan fingerprint density at radius 2 is 2.12 bits per heavy atom. The lowest BCUT2D eigenvalue weighted by Crippen LogP contribution is -2.10. The van der Waals surface area contributed by atoms with Crippen LogP contribution in [0.2, 0.25) is 0 Å². The van der Waals surface area contributed by atoms with E-state index in [0.717, 1.165) is 29.3 Å². The van der Waals surface area contributed by atoms with Gasteiger partial charge >= 0.3 is 0 Å². The monoisotopic (exact) mass is 216 g/mol. The van der Waals surface area contributed by atoms with Crippen molar-refractivity contribution in [1.29, 1.82) is 0 Å². The van der Waals surface area contributed by atoms with Crippen molar-refractivity contribution in [1.82, 2.24) is 19.9 Å². The van der Waals surface area contributed by atoms with Crippen LogP contribution in [0.4, 0.5) is 0 Å². The van der Waals surface area contributed by atoms with Crippen molar-refractivity contribution in [3.63, 3.8) is 0 Å². The van der Waals surface area contributed by atoms with E-state index in [2.05, 4.69) is 19.9 Å². The molecular weight excluding hydrogens is 200 g/mol. The van der Waals surface area contributed by atoms with Gasteiger partial charge in [0, 0.05) is 6.42 Å². The van der Waals surface area contributed by atoms with E-state index >= 15 is 0 Å². The predicted octanol–water partition coefficient (Wildman–Crippen LogP) is 2.48. The minimum absolute atomic E-state index is 0.792. The second kappa shape index (κ2) is 4.20. The van der Waals surface area contributed by atoms with Crippen molar-refractivity contribution in [2.24, 2.45) is 5.92 Å². The normalized spacial score (nSPS) is 18.0. The smallest absolute Gasteiger partial charge is 0.180 e. The van der Waals surface area contributed by atoms with Crippen LogP contribution in [0, 0.1) is 5.92 Å². The molecule has 1 N–H and O–H groups in total. The maximum atomic E-state index is 4.50. The number of aromatic amines is 1. The second-order valence-electron chi connectivity index (χ2n) is 4.65.